The van der Waals surface area contributed by atoms with Crippen molar-refractivity contribution in [1.29, 1.82) is 0 Å². The molecule has 0 aliphatic carbocycles. The lowest BCUT2D eigenvalue weighted by Gasteiger charge is -2.09. The maximum Gasteiger partial charge on any atom is 0.244 e. The fourth-order valence-electron chi connectivity index (χ4n) is 2.91. The normalized spacial score (nSPS) is 11.1. The van der Waals surface area contributed by atoms with Crippen molar-refractivity contribution >= 4 is 28.1 Å². The number of nitrogens with one attached hydrogen (secondary N) is 1. The van der Waals surface area contributed by atoms with Crippen LogP contribution < -0.4 is 5.43 Å². The average molecular weight is 428 g/mol. The van der Waals surface area contributed by atoms with Crippen LogP contribution in [0, 0.1) is 19.7 Å². The molecule has 3 rings (SSSR count). The number of carbonyl (C=O) groups excluding carboxylic acids is 1. The summed E-state index contributed by atoms with van der Waals surface area (Å²) in [5, 5.41) is 4.07. The van der Waals surface area contributed by atoms with Crippen LogP contribution in [0.25, 0.3) is 5.69 Å². The Morgan fingerprint density at radius 3 is 2.48 bits per heavy atom. The van der Waals surface area contributed by atoms with Crippen molar-refractivity contribution in [1.82, 2.24) is 9.99 Å². The summed E-state index contributed by atoms with van der Waals surface area (Å²) in [4.78, 5) is 12.0. The summed E-state index contributed by atoms with van der Waals surface area (Å²) in [5.74, 6) is -0.447. The van der Waals surface area contributed by atoms with Crippen molar-refractivity contribution in [2.45, 2.75) is 20.3 Å². The fourth-order valence-corrected chi connectivity index (χ4v) is 3.17. The molecule has 0 aliphatic heterocycles. The SMILES string of the molecule is Cc1cc(/C=N/NC(=O)Cc2ccc(Br)cc2)c(C)n1-c1ccc(F)cc1. The van der Waals surface area contributed by atoms with Crippen molar-refractivity contribution in [3.63, 3.8) is 0 Å². The number of benzene rings is 2. The number of hydrogen-bond donors (Lipinski definition) is 1. The van der Waals surface area contributed by atoms with Crippen LogP contribution in [-0.2, 0) is 11.2 Å². The second-order valence-corrected chi connectivity index (χ2v) is 7.15. The summed E-state index contributed by atoms with van der Waals surface area (Å²) in [6, 6.07) is 15.9. The Morgan fingerprint density at radius 1 is 1.15 bits per heavy atom. The highest BCUT2D eigenvalue weighted by atomic mass is 79.9. The van der Waals surface area contributed by atoms with Crippen molar-refractivity contribution in [3.05, 3.63) is 87.4 Å². The second kappa shape index (κ2) is 8.31. The number of aryl methyl sites for hydroxylation is 1. The third-order valence-electron chi connectivity index (χ3n) is 4.23. The molecule has 0 fully saturated rings. The molecular formula is C21H19BrFN3O. The van der Waals surface area contributed by atoms with Crippen molar-refractivity contribution in [2.24, 2.45) is 5.10 Å². The van der Waals surface area contributed by atoms with E-state index in [4.69, 9.17) is 0 Å². The van der Waals surface area contributed by atoms with Gasteiger partial charge in [0, 0.05) is 27.1 Å². The van der Waals surface area contributed by atoms with Crippen LogP contribution >= 0.6 is 15.9 Å². The van der Waals surface area contributed by atoms with Gasteiger partial charge in [0.15, 0.2) is 0 Å². The Bertz CT molecular complexity index is 976. The first kappa shape index (κ1) is 19.0. The molecule has 6 heteroatoms. The van der Waals surface area contributed by atoms with Gasteiger partial charge in [-0.3, -0.25) is 4.79 Å². The van der Waals surface area contributed by atoms with E-state index in [0.717, 1.165) is 32.7 Å². The molecule has 3 aromatic rings. The van der Waals surface area contributed by atoms with Gasteiger partial charge >= 0.3 is 0 Å². The molecule has 0 spiro atoms. The summed E-state index contributed by atoms with van der Waals surface area (Å²) >= 11 is 3.37. The van der Waals surface area contributed by atoms with Gasteiger partial charge in [0.25, 0.3) is 0 Å². The minimum Gasteiger partial charge on any atom is -0.318 e. The predicted molar refractivity (Wildman–Crippen MR) is 109 cm³/mol. The predicted octanol–water partition coefficient (Wildman–Crippen LogP) is 4.69. The van der Waals surface area contributed by atoms with Crippen LogP contribution in [0.2, 0.25) is 0 Å². The summed E-state index contributed by atoms with van der Waals surface area (Å²) < 4.78 is 16.1. The molecule has 0 radical (unpaired) electrons. The van der Waals surface area contributed by atoms with Crippen LogP contribution in [0.5, 0.6) is 0 Å². The Hall–Kier alpha value is -2.73. The Morgan fingerprint density at radius 2 is 1.81 bits per heavy atom. The Labute approximate surface area is 165 Å². The minimum absolute atomic E-state index is 0.180. The maximum absolute atomic E-state index is 13.2. The lowest BCUT2D eigenvalue weighted by atomic mass is 10.1. The van der Waals surface area contributed by atoms with E-state index in [-0.39, 0.29) is 18.1 Å². The summed E-state index contributed by atoms with van der Waals surface area (Å²) in [6.07, 6.45) is 1.89. The van der Waals surface area contributed by atoms with Gasteiger partial charge in [-0.2, -0.15) is 5.10 Å². The van der Waals surface area contributed by atoms with Gasteiger partial charge in [-0.05, 0) is 61.9 Å². The molecule has 0 bridgehead atoms. The molecule has 1 aromatic heterocycles. The molecule has 27 heavy (non-hydrogen) atoms. The number of hydrazone groups is 1. The van der Waals surface area contributed by atoms with Crippen LogP contribution in [0.4, 0.5) is 4.39 Å². The largest absolute Gasteiger partial charge is 0.318 e. The van der Waals surface area contributed by atoms with Crippen LogP contribution in [0.15, 0.2) is 64.2 Å². The van der Waals surface area contributed by atoms with Gasteiger partial charge in [0.2, 0.25) is 5.91 Å². The van der Waals surface area contributed by atoms with E-state index in [1.165, 1.54) is 12.1 Å². The topological polar surface area (TPSA) is 46.4 Å². The van der Waals surface area contributed by atoms with Gasteiger partial charge in [0.05, 0.1) is 12.6 Å². The van der Waals surface area contributed by atoms with Gasteiger partial charge in [0.1, 0.15) is 5.82 Å². The molecule has 0 saturated carbocycles. The summed E-state index contributed by atoms with van der Waals surface area (Å²) in [5.41, 5.74) is 7.21. The molecule has 1 amide bonds. The standard InChI is InChI=1S/C21H19BrFN3O/c1-14-11-17(15(2)26(14)20-9-7-19(23)8-10-20)13-24-25-21(27)12-16-3-5-18(22)6-4-16/h3-11,13H,12H2,1-2H3,(H,25,27)/b24-13+. The quantitative estimate of drug-likeness (QED) is 0.465. The van der Waals surface area contributed by atoms with Crippen LogP contribution in [0.1, 0.15) is 22.5 Å². The zero-order valence-corrected chi connectivity index (χ0v) is 16.6. The first-order valence-corrected chi connectivity index (χ1v) is 9.24. The highest BCUT2D eigenvalue weighted by Crippen LogP contribution is 2.20. The number of nitrogens with zero attached hydrogens (tertiary/aromatic N) is 2. The lowest BCUT2D eigenvalue weighted by Crippen LogP contribution is -2.19. The van der Waals surface area contributed by atoms with Gasteiger partial charge in [-0.1, -0.05) is 28.1 Å². The van der Waals surface area contributed by atoms with Gasteiger partial charge in [-0.15, -0.1) is 0 Å². The third kappa shape index (κ3) is 4.71. The van der Waals surface area contributed by atoms with E-state index in [1.54, 1.807) is 18.3 Å². The number of halogens is 2. The third-order valence-corrected chi connectivity index (χ3v) is 4.75. The Kier molecular flexibility index (Phi) is 5.86. The molecule has 0 unspecified atom stereocenters. The van der Waals surface area contributed by atoms with Crippen molar-refractivity contribution < 1.29 is 9.18 Å². The lowest BCUT2D eigenvalue weighted by molar-refractivity contribution is -0.120. The summed E-state index contributed by atoms with van der Waals surface area (Å²) in [7, 11) is 0. The van der Waals surface area contributed by atoms with Crippen molar-refractivity contribution in [3.8, 4) is 5.69 Å². The molecule has 1 heterocycles. The molecule has 1 N–H and O–H groups in total. The highest BCUT2D eigenvalue weighted by molar-refractivity contribution is 9.10. The Balaban J connectivity index is 1.68. The second-order valence-electron chi connectivity index (χ2n) is 6.23. The van der Waals surface area contributed by atoms with Crippen molar-refractivity contribution in [2.75, 3.05) is 0 Å². The van der Waals surface area contributed by atoms with E-state index in [1.807, 2.05) is 48.7 Å². The molecule has 0 saturated heterocycles. The van der Waals surface area contributed by atoms with Gasteiger partial charge in [-0.25, -0.2) is 9.82 Å². The van der Waals surface area contributed by atoms with E-state index in [9.17, 15) is 9.18 Å². The molecule has 2 aromatic carbocycles. The number of rotatable bonds is 5. The number of hydrogen-bond acceptors (Lipinski definition) is 2. The zero-order chi connectivity index (χ0) is 19.4. The first-order valence-electron chi connectivity index (χ1n) is 8.45. The minimum atomic E-state index is -0.267. The number of amides is 1. The number of carbonyl (C=O) groups is 1. The van der Waals surface area contributed by atoms with E-state index in [2.05, 4.69) is 26.5 Å². The van der Waals surface area contributed by atoms with E-state index >= 15 is 0 Å². The highest BCUT2D eigenvalue weighted by Gasteiger charge is 2.09. The molecular weight excluding hydrogens is 409 g/mol. The monoisotopic (exact) mass is 427 g/mol. The zero-order valence-electron chi connectivity index (χ0n) is 15.0. The van der Waals surface area contributed by atoms with Crippen LogP contribution in [0.3, 0.4) is 0 Å². The molecule has 138 valence electrons. The molecule has 4 nitrogen and oxygen atoms in total. The van der Waals surface area contributed by atoms with E-state index in [0.29, 0.717) is 0 Å². The average Bonchev–Trinajstić information content (AvgIpc) is 2.92. The fraction of sp³-hybridized carbons (Fsp3) is 0.143. The molecule has 0 aliphatic rings. The molecule has 0 atom stereocenters. The maximum atomic E-state index is 13.2. The van der Waals surface area contributed by atoms with Gasteiger partial charge < -0.3 is 4.57 Å². The first-order chi connectivity index (χ1) is 12.9. The van der Waals surface area contributed by atoms with E-state index < -0.39 is 0 Å². The van der Waals surface area contributed by atoms with Crippen LogP contribution in [-0.4, -0.2) is 16.7 Å². The number of aromatic nitrogens is 1. The smallest absolute Gasteiger partial charge is 0.244 e. The summed E-state index contributed by atoms with van der Waals surface area (Å²) in [6.45, 7) is 3.93.